The van der Waals surface area contributed by atoms with E-state index in [0.29, 0.717) is 32.1 Å². The molecule has 0 aromatic rings. The van der Waals surface area contributed by atoms with Gasteiger partial charge in [0.25, 0.3) is 0 Å². The number of rotatable bonds is 38. The molecule has 5 N–H and O–H groups in total. The van der Waals surface area contributed by atoms with Crippen molar-refractivity contribution in [1.82, 2.24) is 0 Å². The van der Waals surface area contributed by atoms with Crippen molar-refractivity contribution in [2.24, 2.45) is 11.8 Å². The zero-order chi connectivity index (χ0) is 44.3. The number of carbonyl (C=O) groups excluding carboxylic acids is 3. The van der Waals surface area contributed by atoms with E-state index in [9.17, 15) is 39.2 Å². The minimum Gasteiger partial charge on any atom is -0.462 e. The number of hydrogen-bond acceptors (Lipinski definition) is 12. The maximum atomic E-state index is 12.7. The number of hydrogen-bond donors (Lipinski definition) is 5. The Hall–Kier alpha value is -2.48. The van der Waals surface area contributed by atoms with Crippen molar-refractivity contribution in [2.75, 3.05) is 26.4 Å². The first-order valence-electron chi connectivity index (χ1n) is 22.7. The summed E-state index contributed by atoms with van der Waals surface area (Å²) < 4.78 is 32.7. The standard InChI is InChI=1S/C46H79O13P/c1-3-5-7-8-9-10-11-12-13-14-15-16-17-18-19-20-26-30-46(53)59-40(37-58-60(54,55)57-35-39(49)34-47)36-56-45(52)29-25-22-21-24-28-41-42(44(51)33-43(41)50)32-31-38(48)27-23-6-4-2/h9-10,12-13,21,24,31-32,38-42,44,47-49,51H,3-8,11,14-20,22-23,25-30,33-37H2,1-2H3,(H,54,55)/b10-9-,13-12-,24-21-,32-31+/t38-,39-,40+,41+,42+,44+/m0/s1. The van der Waals surface area contributed by atoms with E-state index in [1.165, 1.54) is 19.3 Å². The van der Waals surface area contributed by atoms with Crippen molar-refractivity contribution in [3.8, 4) is 0 Å². The molecule has 14 heteroatoms. The van der Waals surface area contributed by atoms with E-state index in [2.05, 4.69) is 42.7 Å². The second kappa shape index (κ2) is 36.0. The molecule has 0 amide bonds. The third-order valence-corrected chi connectivity index (χ3v) is 11.3. The van der Waals surface area contributed by atoms with Gasteiger partial charge in [0.2, 0.25) is 0 Å². The average Bonchev–Trinajstić information content (AvgIpc) is 3.49. The summed E-state index contributed by atoms with van der Waals surface area (Å²) in [6, 6.07) is 0. The molecule has 1 rings (SSSR count). The summed E-state index contributed by atoms with van der Waals surface area (Å²) in [6.45, 7) is 1.93. The van der Waals surface area contributed by atoms with Gasteiger partial charge in [-0.1, -0.05) is 127 Å². The van der Waals surface area contributed by atoms with Crippen LogP contribution in [-0.2, 0) is 37.5 Å². The first kappa shape index (κ1) is 55.5. The van der Waals surface area contributed by atoms with Crippen LogP contribution < -0.4 is 0 Å². The van der Waals surface area contributed by atoms with Gasteiger partial charge in [0, 0.05) is 31.1 Å². The van der Waals surface area contributed by atoms with Gasteiger partial charge >= 0.3 is 19.8 Å². The lowest BCUT2D eigenvalue weighted by Crippen LogP contribution is -2.29. The number of ether oxygens (including phenoxy) is 2. The van der Waals surface area contributed by atoms with Crippen LogP contribution in [-0.4, -0.2) is 93.9 Å². The number of unbranched alkanes of at least 4 members (excludes halogenated alkanes) is 13. The topological polar surface area (TPSA) is 206 Å². The molecule has 346 valence electrons. The van der Waals surface area contributed by atoms with Crippen LogP contribution in [0.5, 0.6) is 0 Å². The summed E-state index contributed by atoms with van der Waals surface area (Å²) >= 11 is 0. The number of Topliss-reactive ketones (excluding diaryl/α,β-unsaturated/α-hetero) is 1. The highest BCUT2D eigenvalue weighted by Gasteiger charge is 2.39. The second-order valence-corrected chi connectivity index (χ2v) is 17.3. The predicted octanol–water partition coefficient (Wildman–Crippen LogP) is 8.70. The lowest BCUT2D eigenvalue weighted by molar-refractivity contribution is -0.161. The molecular formula is C46H79O13P. The fourth-order valence-corrected chi connectivity index (χ4v) is 7.50. The molecule has 60 heavy (non-hydrogen) atoms. The Bertz CT molecular complexity index is 1300. The SMILES string of the molecule is CCCCC/C=C\C/C=C\CCCCCCCCCC(=O)O[C@H](COC(=O)CCC/C=C\C[C@H]1C(=O)C[C@@H](O)[C@@H]1/C=C/[C@@H](O)CCCCC)COP(=O)(O)OC[C@@H](O)CO. The number of phosphoric acid groups is 1. The number of ketones is 1. The van der Waals surface area contributed by atoms with Crippen molar-refractivity contribution >= 4 is 25.5 Å². The van der Waals surface area contributed by atoms with Crippen molar-refractivity contribution in [2.45, 2.75) is 186 Å². The lowest BCUT2D eigenvalue weighted by Gasteiger charge is -2.20. The van der Waals surface area contributed by atoms with Crippen molar-refractivity contribution < 1.29 is 62.8 Å². The van der Waals surface area contributed by atoms with Crippen molar-refractivity contribution in [3.05, 3.63) is 48.6 Å². The van der Waals surface area contributed by atoms with Crippen LogP contribution in [0.25, 0.3) is 0 Å². The van der Waals surface area contributed by atoms with E-state index in [4.69, 9.17) is 19.1 Å². The van der Waals surface area contributed by atoms with E-state index in [1.54, 1.807) is 12.2 Å². The van der Waals surface area contributed by atoms with Crippen LogP contribution in [0.3, 0.4) is 0 Å². The van der Waals surface area contributed by atoms with Crippen molar-refractivity contribution in [3.63, 3.8) is 0 Å². The molecule has 1 aliphatic rings. The number of carbonyl (C=O) groups is 3. The number of aliphatic hydroxyl groups is 4. The zero-order valence-corrected chi connectivity index (χ0v) is 37.5. The maximum absolute atomic E-state index is 12.7. The molecule has 0 aromatic carbocycles. The first-order chi connectivity index (χ1) is 28.9. The average molecular weight is 871 g/mol. The third-order valence-electron chi connectivity index (χ3n) is 10.3. The zero-order valence-electron chi connectivity index (χ0n) is 36.6. The Kier molecular flexibility index (Phi) is 33.4. The Labute approximate surface area is 360 Å². The summed E-state index contributed by atoms with van der Waals surface area (Å²) in [5, 5.41) is 39.0. The number of esters is 2. The minimum absolute atomic E-state index is 0.0195. The van der Waals surface area contributed by atoms with Gasteiger partial charge in [-0.15, -0.1) is 0 Å². The summed E-state index contributed by atoms with van der Waals surface area (Å²) in [4.78, 5) is 47.8. The molecular weight excluding hydrogens is 791 g/mol. The van der Waals surface area contributed by atoms with Gasteiger partial charge in [-0.25, -0.2) is 4.57 Å². The van der Waals surface area contributed by atoms with Crippen LogP contribution in [0.15, 0.2) is 48.6 Å². The highest BCUT2D eigenvalue weighted by molar-refractivity contribution is 7.47. The summed E-state index contributed by atoms with van der Waals surface area (Å²) in [5.41, 5.74) is 0. The van der Waals surface area contributed by atoms with E-state index in [0.717, 1.165) is 77.0 Å². The Morgan fingerprint density at radius 3 is 2.02 bits per heavy atom. The monoisotopic (exact) mass is 871 g/mol. The van der Waals surface area contributed by atoms with E-state index >= 15 is 0 Å². The van der Waals surface area contributed by atoms with Gasteiger partial charge in [0.15, 0.2) is 6.10 Å². The molecule has 0 saturated heterocycles. The molecule has 0 heterocycles. The van der Waals surface area contributed by atoms with E-state index in [-0.39, 0.29) is 36.9 Å². The summed E-state index contributed by atoms with van der Waals surface area (Å²) in [7, 11) is -4.69. The predicted molar refractivity (Wildman–Crippen MR) is 234 cm³/mol. The van der Waals surface area contributed by atoms with Crippen molar-refractivity contribution in [1.29, 1.82) is 0 Å². The first-order valence-corrected chi connectivity index (χ1v) is 24.2. The van der Waals surface area contributed by atoms with Gasteiger partial charge < -0.3 is 34.8 Å². The van der Waals surface area contributed by atoms with Gasteiger partial charge in [0.05, 0.1) is 32.0 Å². The minimum atomic E-state index is -4.69. The lowest BCUT2D eigenvalue weighted by atomic mass is 9.90. The molecule has 0 spiro atoms. The van der Waals surface area contributed by atoms with Gasteiger partial charge in [-0.2, -0.15) is 0 Å². The van der Waals surface area contributed by atoms with Gasteiger partial charge in [-0.3, -0.25) is 23.4 Å². The molecule has 0 bridgehead atoms. The molecule has 1 saturated carbocycles. The fourth-order valence-electron chi connectivity index (χ4n) is 6.71. The van der Waals surface area contributed by atoms with Crippen LogP contribution in [0.2, 0.25) is 0 Å². The molecule has 13 nitrogen and oxygen atoms in total. The molecule has 1 unspecified atom stereocenters. The van der Waals surface area contributed by atoms with Crippen LogP contribution in [0.1, 0.15) is 162 Å². The van der Waals surface area contributed by atoms with Gasteiger partial charge in [0.1, 0.15) is 18.5 Å². The van der Waals surface area contributed by atoms with Gasteiger partial charge in [-0.05, 0) is 64.2 Å². The molecule has 1 aliphatic carbocycles. The molecule has 1 fully saturated rings. The quantitative estimate of drug-likeness (QED) is 0.0171. The van der Waals surface area contributed by atoms with E-state index in [1.807, 2.05) is 12.2 Å². The molecule has 0 radical (unpaired) electrons. The molecule has 0 aromatic heterocycles. The van der Waals surface area contributed by atoms with E-state index < -0.39 is 70.6 Å². The van der Waals surface area contributed by atoms with Crippen LogP contribution >= 0.6 is 7.82 Å². The van der Waals surface area contributed by atoms with Crippen LogP contribution in [0, 0.1) is 11.8 Å². The summed E-state index contributed by atoms with van der Waals surface area (Å²) in [6.07, 6.45) is 31.5. The largest absolute Gasteiger partial charge is 0.472 e. The molecule has 7 atom stereocenters. The summed E-state index contributed by atoms with van der Waals surface area (Å²) in [5.74, 6) is -1.90. The second-order valence-electron chi connectivity index (χ2n) is 15.8. The smallest absolute Gasteiger partial charge is 0.462 e. The number of aliphatic hydroxyl groups excluding tert-OH is 4. The number of allylic oxidation sites excluding steroid dienone is 6. The Morgan fingerprint density at radius 2 is 1.33 bits per heavy atom. The molecule has 0 aliphatic heterocycles. The normalized spacial score (nSPS) is 19.8. The maximum Gasteiger partial charge on any atom is 0.472 e. The highest BCUT2D eigenvalue weighted by atomic mass is 31.2. The Balaban J connectivity index is 2.46. The number of phosphoric ester groups is 1. The fraction of sp³-hybridized carbons (Fsp3) is 0.761. The Morgan fingerprint density at radius 1 is 0.750 bits per heavy atom. The highest BCUT2D eigenvalue weighted by Crippen LogP contribution is 2.43. The third kappa shape index (κ3) is 29.7. The van der Waals surface area contributed by atoms with Crippen LogP contribution in [0.4, 0.5) is 0 Å².